The number of hydrogen-bond acceptors (Lipinski definition) is 15. The van der Waals surface area contributed by atoms with E-state index in [-0.39, 0.29) is 0 Å². The molecular formula is C21H39N7O13. The summed E-state index contributed by atoms with van der Waals surface area (Å²) in [5.74, 6) is -3.04. The summed E-state index contributed by atoms with van der Waals surface area (Å²) in [7, 11) is 1.37. The minimum absolute atomic E-state index is 0.533. The Morgan fingerprint density at radius 1 is 0.976 bits per heavy atom. The summed E-state index contributed by atoms with van der Waals surface area (Å²) in [6, 6.07) is -4.21. The molecule has 2 aliphatic heterocycles. The number of ether oxygens (including phenoxy) is 4. The maximum absolute atomic E-state index is 12.3. The molecule has 236 valence electrons. The Kier molecular flexibility index (Phi) is 10.3. The molecule has 3 aliphatic rings. The third-order valence-corrected chi connectivity index (χ3v) is 7.50. The van der Waals surface area contributed by atoms with E-state index in [1.54, 1.807) is 0 Å². The topological polar surface area (TPSA) is 354 Å². The van der Waals surface area contributed by atoms with Gasteiger partial charge in [-0.2, -0.15) is 0 Å². The van der Waals surface area contributed by atoms with E-state index < -0.39 is 116 Å². The number of aliphatic hydroxyl groups is 7. The number of carboxylic acid groups (broad SMARTS) is 1. The van der Waals surface area contributed by atoms with Crippen molar-refractivity contribution in [2.24, 2.45) is 22.2 Å². The van der Waals surface area contributed by atoms with Crippen LogP contribution >= 0.6 is 0 Å². The highest BCUT2D eigenvalue weighted by Crippen LogP contribution is 2.39. The van der Waals surface area contributed by atoms with E-state index in [0.29, 0.717) is 0 Å². The highest BCUT2D eigenvalue weighted by molar-refractivity contribution is 5.79. The zero-order chi connectivity index (χ0) is 31.0. The van der Waals surface area contributed by atoms with Gasteiger partial charge in [0.25, 0.3) is 0 Å². The summed E-state index contributed by atoms with van der Waals surface area (Å²) in [5, 5.41) is 96.5. The van der Waals surface area contributed by atoms with Crippen LogP contribution in [-0.2, 0) is 23.7 Å². The Hall–Kier alpha value is -2.47. The van der Waals surface area contributed by atoms with Crippen molar-refractivity contribution in [3.8, 4) is 0 Å². The number of aliphatic carboxylic acids is 1. The Morgan fingerprint density at radius 3 is 2.12 bits per heavy atom. The normalized spacial score (nSPS) is 46.6. The molecule has 3 rings (SSSR count). The lowest BCUT2D eigenvalue weighted by Gasteiger charge is -2.46. The average Bonchev–Trinajstić information content (AvgIpc) is 3.14. The van der Waals surface area contributed by atoms with E-state index in [0.717, 1.165) is 0 Å². The zero-order valence-electron chi connectivity index (χ0n) is 22.1. The molecule has 0 spiro atoms. The number of carbonyl (C=O) groups is 1. The molecule has 2 saturated heterocycles. The van der Waals surface area contributed by atoms with Gasteiger partial charge in [0.15, 0.2) is 30.6 Å². The third kappa shape index (κ3) is 6.18. The van der Waals surface area contributed by atoms with Gasteiger partial charge in [-0.15, -0.1) is 0 Å². The standard InChI is InChI=1S/C21H39N7O13/c1-4-21(37,18(35)36)15(41-16-8(26-2)12(33)9(30)5(3-29)39-16)17(38-4)40-14-7(28-20(24)25)10(31)6(27-19(22)23)11(32)13(14)34/h4-17,26,29-34,37H,3H2,1-2H3,(H,35,36)(H4,22,23,27)(H4,24,25,28)/t4-,5-,6+,7-,8-,9-,10+,11-,12-,13+,14+,15-,16-,17-,21+/m0/s1. The summed E-state index contributed by atoms with van der Waals surface area (Å²) >= 11 is 0. The third-order valence-electron chi connectivity index (χ3n) is 7.50. The van der Waals surface area contributed by atoms with Gasteiger partial charge in [0.2, 0.25) is 5.60 Å². The van der Waals surface area contributed by atoms with Crippen LogP contribution < -0.4 is 27.8 Å². The van der Waals surface area contributed by atoms with Crippen molar-refractivity contribution in [3.63, 3.8) is 0 Å². The number of rotatable bonds is 9. The number of nitrogens with two attached hydrogens (primary N) is 3. The summed E-state index contributed by atoms with van der Waals surface area (Å²) in [4.78, 5) is 16.0. The van der Waals surface area contributed by atoms with Crippen LogP contribution in [0, 0.1) is 5.41 Å². The van der Waals surface area contributed by atoms with Crippen LogP contribution in [0.5, 0.6) is 0 Å². The zero-order valence-corrected chi connectivity index (χ0v) is 22.1. The van der Waals surface area contributed by atoms with Gasteiger partial charge in [-0.25, -0.2) is 9.79 Å². The van der Waals surface area contributed by atoms with Gasteiger partial charge in [0, 0.05) is 0 Å². The SMILES string of the molecule is CN[C@@H]1[C@H](O[C@H]2[C@H](O[C@H]3[C@H](O)[C@@H](O)[C@H](N=C(N)N)[C@@H](O)[C@@H]3NC(=N)N)O[C@@H](C)[C@]2(O)C(=O)O)O[C@@H](CO)[C@H](O)[C@H]1O. The van der Waals surface area contributed by atoms with Crippen LogP contribution in [0.3, 0.4) is 0 Å². The molecule has 1 aliphatic carbocycles. The number of hydrogen-bond donors (Lipinski definition) is 14. The van der Waals surface area contributed by atoms with Gasteiger partial charge in [0.1, 0.15) is 54.9 Å². The molecule has 17 N–H and O–H groups in total. The minimum Gasteiger partial charge on any atom is -0.479 e. The van der Waals surface area contributed by atoms with E-state index in [1.807, 2.05) is 0 Å². The molecule has 20 heteroatoms. The molecule has 0 aromatic carbocycles. The molecular weight excluding hydrogens is 558 g/mol. The van der Waals surface area contributed by atoms with Crippen molar-refractivity contribution in [1.29, 1.82) is 5.41 Å². The molecule has 15 atom stereocenters. The maximum Gasteiger partial charge on any atom is 0.341 e. The molecule has 3 fully saturated rings. The highest BCUT2D eigenvalue weighted by atomic mass is 16.8. The lowest BCUT2D eigenvalue weighted by Crippen LogP contribution is -2.70. The Labute approximate surface area is 233 Å². The predicted octanol–water partition coefficient (Wildman–Crippen LogP) is -8.07. The van der Waals surface area contributed by atoms with Gasteiger partial charge >= 0.3 is 5.97 Å². The fraction of sp³-hybridized carbons (Fsp3) is 0.857. The van der Waals surface area contributed by atoms with Gasteiger partial charge < -0.3 is 87.6 Å². The first-order valence-electron chi connectivity index (χ1n) is 12.5. The Balaban J connectivity index is 1.99. The second kappa shape index (κ2) is 12.8. The van der Waals surface area contributed by atoms with Crippen LogP contribution in [0.2, 0.25) is 0 Å². The summed E-state index contributed by atoms with van der Waals surface area (Å²) in [5.41, 5.74) is 13.3. The van der Waals surface area contributed by atoms with Crippen LogP contribution in [0.25, 0.3) is 0 Å². The van der Waals surface area contributed by atoms with Crippen LogP contribution in [0.1, 0.15) is 6.92 Å². The van der Waals surface area contributed by atoms with Crippen LogP contribution in [-0.4, -0.2) is 164 Å². The molecule has 0 aromatic heterocycles. The molecule has 0 aromatic rings. The van der Waals surface area contributed by atoms with Crippen LogP contribution in [0.4, 0.5) is 0 Å². The fourth-order valence-electron chi connectivity index (χ4n) is 5.24. The van der Waals surface area contributed by atoms with Crippen molar-refractivity contribution >= 4 is 17.9 Å². The van der Waals surface area contributed by atoms with Crippen molar-refractivity contribution in [3.05, 3.63) is 0 Å². The van der Waals surface area contributed by atoms with Crippen molar-refractivity contribution in [2.45, 2.75) is 98.2 Å². The molecule has 1 saturated carbocycles. The first-order chi connectivity index (χ1) is 19.1. The van der Waals surface area contributed by atoms with Gasteiger partial charge in [0.05, 0.1) is 18.7 Å². The number of aliphatic hydroxyl groups excluding tert-OH is 6. The van der Waals surface area contributed by atoms with Gasteiger partial charge in [-0.05, 0) is 14.0 Å². The summed E-state index contributed by atoms with van der Waals surface area (Å²) in [6.45, 7) is 0.427. The van der Waals surface area contributed by atoms with Crippen molar-refractivity contribution in [2.75, 3.05) is 13.7 Å². The number of nitrogens with one attached hydrogen (secondary N) is 3. The maximum atomic E-state index is 12.3. The number of nitrogens with zero attached hydrogens (tertiary/aromatic N) is 1. The molecule has 41 heavy (non-hydrogen) atoms. The minimum atomic E-state index is -2.83. The van der Waals surface area contributed by atoms with Gasteiger partial charge in [-0.3, -0.25) is 5.41 Å². The second-order valence-corrected chi connectivity index (χ2v) is 10.1. The molecule has 0 unspecified atom stereocenters. The predicted molar refractivity (Wildman–Crippen MR) is 134 cm³/mol. The van der Waals surface area contributed by atoms with E-state index >= 15 is 0 Å². The number of carboxylic acids is 1. The Morgan fingerprint density at radius 2 is 1.61 bits per heavy atom. The van der Waals surface area contributed by atoms with E-state index in [1.165, 1.54) is 14.0 Å². The first-order valence-corrected chi connectivity index (χ1v) is 12.5. The van der Waals surface area contributed by atoms with Crippen molar-refractivity contribution < 1.29 is 64.6 Å². The smallest absolute Gasteiger partial charge is 0.341 e. The molecule has 0 radical (unpaired) electrons. The second-order valence-electron chi connectivity index (χ2n) is 10.1. The average molecular weight is 598 g/mol. The molecule has 0 bridgehead atoms. The van der Waals surface area contributed by atoms with E-state index in [4.69, 9.17) is 41.6 Å². The number of likely N-dealkylation sites (N-methyl/N-ethyl adjacent to an activating group) is 1. The van der Waals surface area contributed by atoms with Crippen LogP contribution in [0.15, 0.2) is 4.99 Å². The number of guanidine groups is 2. The van der Waals surface area contributed by atoms with E-state index in [2.05, 4.69) is 15.6 Å². The lowest BCUT2D eigenvalue weighted by atomic mass is 9.81. The summed E-state index contributed by atoms with van der Waals surface area (Å²) < 4.78 is 22.7. The Bertz CT molecular complexity index is 976. The molecule has 2 heterocycles. The monoisotopic (exact) mass is 597 g/mol. The highest BCUT2D eigenvalue weighted by Gasteiger charge is 2.64. The molecule has 0 amide bonds. The lowest BCUT2D eigenvalue weighted by molar-refractivity contribution is -0.315. The number of aliphatic imine (C=N–C) groups is 1. The quantitative estimate of drug-likeness (QED) is 0.0866. The fourth-order valence-corrected chi connectivity index (χ4v) is 5.24. The largest absolute Gasteiger partial charge is 0.479 e. The molecule has 20 nitrogen and oxygen atoms in total. The van der Waals surface area contributed by atoms with Gasteiger partial charge in [-0.1, -0.05) is 0 Å². The summed E-state index contributed by atoms with van der Waals surface area (Å²) in [6.07, 6.45) is -18.7. The van der Waals surface area contributed by atoms with Crippen molar-refractivity contribution in [1.82, 2.24) is 10.6 Å². The first kappa shape index (κ1) is 33.0. The van der Waals surface area contributed by atoms with E-state index in [9.17, 15) is 45.6 Å².